The highest BCUT2D eigenvalue weighted by molar-refractivity contribution is 5.93. The molecular weight excluding hydrogens is 414 g/mol. The SMILES string of the molecule is C/C=C\C=C(/C)C(=O)N(Cc1ccccc1)Cc1ccc(-c2ccc(O)c(C(=O)O)c2)cc1. The molecule has 168 valence electrons. The van der Waals surface area contributed by atoms with E-state index in [9.17, 15) is 19.8 Å². The van der Waals surface area contributed by atoms with Gasteiger partial charge in [0.15, 0.2) is 0 Å². The van der Waals surface area contributed by atoms with Crippen LogP contribution in [-0.2, 0) is 17.9 Å². The highest BCUT2D eigenvalue weighted by atomic mass is 16.4. The van der Waals surface area contributed by atoms with Crippen LogP contribution in [0.15, 0.2) is 96.6 Å². The molecule has 0 atom stereocenters. The maximum Gasteiger partial charge on any atom is 0.339 e. The van der Waals surface area contributed by atoms with Gasteiger partial charge >= 0.3 is 5.97 Å². The fourth-order valence-electron chi connectivity index (χ4n) is 3.47. The first-order valence-electron chi connectivity index (χ1n) is 10.7. The summed E-state index contributed by atoms with van der Waals surface area (Å²) in [7, 11) is 0. The molecule has 0 aromatic heterocycles. The summed E-state index contributed by atoms with van der Waals surface area (Å²) in [4.78, 5) is 26.2. The van der Waals surface area contributed by atoms with Gasteiger partial charge in [0.05, 0.1) is 0 Å². The van der Waals surface area contributed by atoms with Gasteiger partial charge in [-0.2, -0.15) is 0 Å². The van der Waals surface area contributed by atoms with Gasteiger partial charge in [-0.15, -0.1) is 0 Å². The molecule has 0 bridgehead atoms. The van der Waals surface area contributed by atoms with Crippen LogP contribution in [0.25, 0.3) is 11.1 Å². The Morgan fingerprint density at radius 3 is 2.09 bits per heavy atom. The molecule has 3 aromatic carbocycles. The number of phenols is 1. The van der Waals surface area contributed by atoms with Crippen molar-refractivity contribution < 1.29 is 19.8 Å². The zero-order valence-corrected chi connectivity index (χ0v) is 18.7. The van der Waals surface area contributed by atoms with E-state index in [2.05, 4.69) is 0 Å². The first-order chi connectivity index (χ1) is 15.9. The number of aromatic hydroxyl groups is 1. The van der Waals surface area contributed by atoms with Crippen molar-refractivity contribution in [3.05, 3.63) is 113 Å². The second-order valence-electron chi connectivity index (χ2n) is 7.76. The molecule has 0 radical (unpaired) electrons. The second-order valence-corrected chi connectivity index (χ2v) is 7.76. The highest BCUT2D eigenvalue weighted by Crippen LogP contribution is 2.26. The zero-order chi connectivity index (χ0) is 23.8. The largest absolute Gasteiger partial charge is 0.507 e. The van der Waals surface area contributed by atoms with Crippen LogP contribution in [0.2, 0.25) is 0 Å². The second kappa shape index (κ2) is 11.0. The number of aromatic carboxylic acids is 1. The summed E-state index contributed by atoms with van der Waals surface area (Å²) in [5.74, 6) is -1.48. The van der Waals surface area contributed by atoms with Gasteiger partial charge in [-0.1, -0.05) is 78.9 Å². The van der Waals surface area contributed by atoms with Crippen molar-refractivity contribution in [3.63, 3.8) is 0 Å². The number of carbonyl (C=O) groups is 2. The van der Waals surface area contributed by atoms with Gasteiger partial charge in [0.1, 0.15) is 11.3 Å². The molecule has 2 N–H and O–H groups in total. The molecule has 0 saturated heterocycles. The van der Waals surface area contributed by atoms with Crippen molar-refractivity contribution in [2.75, 3.05) is 0 Å². The topological polar surface area (TPSA) is 77.8 Å². The van der Waals surface area contributed by atoms with Crippen molar-refractivity contribution in [2.45, 2.75) is 26.9 Å². The van der Waals surface area contributed by atoms with Gasteiger partial charge in [0.25, 0.3) is 0 Å². The summed E-state index contributed by atoms with van der Waals surface area (Å²) in [6, 6.07) is 22.0. The molecule has 0 heterocycles. The number of carbonyl (C=O) groups excluding carboxylic acids is 1. The molecule has 3 rings (SSSR count). The standard InChI is InChI=1S/C28H27NO4/c1-3-4-8-20(2)27(31)29(18-21-9-6-5-7-10-21)19-22-11-13-23(14-12-22)24-15-16-26(30)25(17-24)28(32)33/h3-17,30H,18-19H2,1-2H3,(H,32,33)/b4-3-,20-8+. The van der Waals surface area contributed by atoms with Gasteiger partial charge in [0, 0.05) is 18.7 Å². The average Bonchev–Trinajstić information content (AvgIpc) is 2.83. The minimum Gasteiger partial charge on any atom is -0.507 e. The van der Waals surface area contributed by atoms with Gasteiger partial charge in [0.2, 0.25) is 5.91 Å². The maximum absolute atomic E-state index is 13.1. The van der Waals surface area contributed by atoms with E-state index in [-0.39, 0.29) is 17.2 Å². The van der Waals surface area contributed by atoms with Crippen LogP contribution >= 0.6 is 0 Å². The summed E-state index contributed by atoms with van der Waals surface area (Å²) in [6.45, 7) is 4.65. The van der Waals surface area contributed by atoms with Crippen LogP contribution in [0.1, 0.15) is 35.3 Å². The molecule has 0 spiro atoms. The number of amides is 1. The molecular formula is C28H27NO4. The van der Waals surface area contributed by atoms with E-state index in [1.165, 1.54) is 12.1 Å². The van der Waals surface area contributed by atoms with Crippen molar-refractivity contribution in [2.24, 2.45) is 0 Å². The maximum atomic E-state index is 13.1. The van der Waals surface area contributed by atoms with Crippen molar-refractivity contribution in [3.8, 4) is 16.9 Å². The number of benzene rings is 3. The third-order valence-corrected chi connectivity index (χ3v) is 5.27. The molecule has 0 saturated carbocycles. The zero-order valence-electron chi connectivity index (χ0n) is 18.7. The van der Waals surface area contributed by atoms with E-state index in [4.69, 9.17) is 0 Å². The molecule has 0 aliphatic rings. The van der Waals surface area contributed by atoms with E-state index in [1.54, 1.807) is 6.07 Å². The van der Waals surface area contributed by atoms with Crippen molar-refractivity contribution >= 4 is 11.9 Å². The Hall–Kier alpha value is -4.12. The number of hydrogen-bond donors (Lipinski definition) is 2. The van der Waals surface area contributed by atoms with Crippen molar-refractivity contribution in [1.29, 1.82) is 0 Å². The van der Waals surface area contributed by atoms with Crippen LogP contribution in [0.3, 0.4) is 0 Å². The van der Waals surface area contributed by atoms with Gasteiger partial charge in [-0.25, -0.2) is 4.79 Å². The quantitative estimate of drug-likeness (QED) is 0.342. The number of carboxylic acids is 1. The first kappa shape index (κ1) is 23.5. The predicted molar refractivity (Wildman–Crippen MR) is 130 cm³/mol. The molecule has 0 aliphatic carbocycles. The van der Waals surface area contributed by atoms with E-state index in [0.29, 0.717) is 24.2 Å². The monoisotopic (exact) mass is 441 g/mol. The van der Waals surface area contributed by atoms with E-state index >= 15 is 0 Å². The van der Waals surface area contributed by atoms with E-state index < -0.39 is 5.97 Å². The average molecular weight is 442 g/mol. The molecule has 3 aromatic rings. The Kier molecular flexibility index (Phi) is 7.82. The Balaban J connectivity index is 1.84. The Labute approximate surface area is 193 Å². The Bertz CT molecular complexity index is 1180. The predicted octanol–water partition coefficient (Wildman–Crippen LogP) is 5.81. The first-order valence-corrected chi connectivity index (χ1v) is 10.7. The fraction of sp³-hybridized carbons (Fsp3) is 0.143. The van der Waals surface area contributed by atoms with E-state index in [1.807, 2.05) is 91.6 Å². The van der Waals surface area contributed by atoms with Gasteiger partial charge in [-0.05, 0) is 48.2 Å². The lowest BCUT2D eigenvalue weighted by molar-refractivity contribution is -0.128. The van der Waals surface area contributed by atoms with Crippen LogP contribution in [0.4, 0.5) is 0 Å². The minimum absolute atomic E-state index is 0.0364. The summed E-state index contributed by atoms with van der Waals surface area (Å²) >= 11 is 0. The molecule has 33 heavy (non-hydrogen) atoms. The third kappa shape index (κ3) is 6.20. The van der Waals surface area contributed by atoms with Gasteiger partial charge in [-0.3, -0.25) is 4.79 Å². The van der Waals surface area contributed by atoms with Gasteiger partial charge < -0.3 is 15.1 Å². The molecule has 0 unspecified atom stereocenters. The molecule has 0 aliphatic heterocycles. The lowest BCUT2D eigenvalue weighted by Crippen LogP contribution is -2.30. The van der Waals surface area contributed by atoms with Crippen LogP contribution < -0.4 is 0 Å². The summed E-state index contributed by atoms with van der Waals surface area (Å²) in [6.07, 6.45) is 5.55. The molecule has 1 amide bonds. The number of allylic oxidation sites excluding steroid dienone is 3. The van der Waals surface area contributed by atoms with Crippen LogP contribution in [-0.4, -0.2) is 27.0 Å². The lowest BCUT2D eigenvalue weighted by Gasteiger charge is -2.23. The summed E-state index contributed by atoms with van der Waals surface area (Å²) < 4.78 is 0. The molecule has 5 nitrogen and oxygen atoms in total. The minimum atomic E-state index is -1.18. The Morgan fingerprint density at radius 1 is 0.879 bits per heavy atom. The number of rotatable bonds is 8. The van der Waals surface area contributed by atoms with Crippen LogP contribution in [0.5, 0.6) is 5.75 Å². The summed E-state index contributed by atoms with van der Waals surface area (Å²) in [5.41, 5.74) is 4.04. The summed E-state index contributed by atoms with van der Waals surface area (Å²) in [5, 5.41) is 19.0. The fourth-order valence-corrected chi connectivity index (χ4v) is 3.47. The number of hydrogen-bond acceptors (Lipinski definition) is 3. The number of carboxylic acid groups (broad SMARTS) is 1. The molecule has 5 heteroatoms. The smallest absolute Gasteiger partial charge is 0.339 e. The lowest BCUT2D eigenvalue weighted by atomic mass is 10.0. The third-order valence-electron chi connectivity index (χ3n) is 5.27. The molecule has 0 fully saturated rings. The normalized spacial score (nSPS) is 11.5. The number of nitrogens with zero attached hydrogens (tertiary/aromatic N) is 1. The van der Waals surface area contributed by atoms with Crippen molar-refractivity contribution in [1.82, 2.24) is 4.90 Å². The Morgan fingerprint density at radius 2 is 1.48 bits per heavy atom. The van der Waals surface area contributed by atoms with E-state index in [0.717, 1.165) is 16.7 Å². The van der Waals surface area contributed by atoms with Crippen LogP contribution in [0, 0.1) is 0 Å². The highest BCUT2D eigenvalue weighted by Gasteiger charge is 2.17.